The topological polar surface area (TPSA) is 79.2 Å². The first-order chi connectivity index (χ1) is 11.6. The highest BCUT2D eigenvalue weighted by Gasteiger charge is 2.24. The third-order valence-corrected chi connectivity index (χ3v) is 4.29. The zero-order chi connectivity index (χ0) is 16.9. The number of benzene rings is 1. The molecule has 1 aromatic carbocycles. The molecule has 7 heteroatoms. The minimum absolute atomic E-state index is 0.209. The lowest BCUT2D eigenvalue weighted by Gasteiger charge is -2.28. The van der Waals surface area contributed by atoms with E-state index >= 15 is 0 Å². The van der Waals surface area contributed by atoms with Crippen molar-refractivity contribution in [3.8, 4) is 5.69 Å². The first-order valence-electron chi connectivity index (χ1n) is 8.12. The van der Waals surface area contributed by atoms with E-state index < -0.39 is 6.10 Å². The summed E-state index contributed by atoms with van der Waals surface area (Å²) < 4.78 is 15.7. The molecule has 128 valence electrons. The van der Waals surface area contributed by atoms with Crippen molar-refractivity contribution in [1.82, 2.24) is 20.2 Å². The molecule has 1 aliphatic rings. The van der Waals surface area contributed by atoms with Crippen LogP contribution in [0.2, 0.25) is 0 Å². The zero-order valence-corrected chi connectivity index (χ0v) is 13.3. The summed E-state index contributed by atoms with van der Waals surface area (Å²) in [6, 6.07) is 4.25. The van der Waals surface area contributed by atoms with E-state index in [1.807, 2.05) is 0 Å². The Morgan fingerprint density at radius 3 is 2.92 bits per heavy atom. The molecule has 2 amide bonds. The molecular formula is C17H21FN4O2. The highest BCUT2D eigenvalue weighted by molar-refractivity contribution is 5.74. The molecule has 0 aliphatic heterocycles. The Labute approximate surface area is 139 Å². The summed E-state index contributed by atoms with van der Waals surface area (Å²) in [4.78, 5) is 15.8. The van der Waals surface area contributed by atoms with Crippen LogP contribution in [0.1, 0.15) is 31.2 Å². The molecule has 3 rings (SSSR count). The maximum Gasteiger partial charge on any atom is 0.315 e. The van der Waals surface area contributed by atoms with E-state index in [1.165, 1.54) is 12.4 Å². The molecule has 0 saturated heterocycles. The van der Waals surface area contributed by atoms with Crippen LogP contribution >= 0.6 is 0 Å². The Balaban J connectivity index is 1.54. The van der Waals surface area contributed by atoms with E-state index in [0.29, 0.717) is 17.7 Å². The number of hydrogen-bond acceptors (Lipinski definition) is 3. The summed E-state index contributed by atoms with van der Waals surface area (Å²) in [5, 5.41) is 15.3. The third-order valence-electron chi connectivity index (χ3n) is 4.29. The molecule has 2 atom stereocenters. The number of urea groups is 1. The van der Waals surface area contributed by atoms with Crippen LogP contribution in [0.5, 0.6) is 0 Å². The molecule has 1 aromatic heterocycles. The van der Waals surface area contributed by atoms with Gasteiger partial charge in [-0.3, -0.25) is 0 Å². The average Bonchev–Trinajstić information content (AvgIpc) is 3.09. The van der Waals surface area contributed by atoms with Gasteiger partial charge in [0.05, 0.1) is 24.2 Å². The van der Waals surface area contributed by atoms with Crippen LogP contribution in [0.25, 0.3) is 5.69 Å². The zero-order valence-electron chi connectivity index (χ0n) is 13.3. The van der Waals surface area contributed by atoms with Crippen LogP contribution in [0.15, 0.2) is 36.9 Å². The fourth-order valence-electron chi connectivity index (χ4n) is 2.95. The van der Waals surface area contributed by atoms with Crippen molar-refractivity contribution in [3.05, 3.63) is 48.3 Å². The quantitative estimate of drug-likeness (QED) is 0.802. The van der Waals surface area contributed by atoms with Gasteiger partial charge in [-0.2, -0.15) is 0 Å². The molecule has 1 fully saturated rings. The Hall–Kier alpha value is -2.41. The van der Waals surface area contributed by atoms with Gasteiger partial charge in [0.15, 0.2) is 0 Å². The van der Waals surface area contributed by atoms with E-state index in [0.717, 1.165) is 19.3 Å². The number of aliphatic hydroxyl groups is 1. The van der Waals surface area contributed by atoms with Crippen molar-refractivity contribution >= 4 is 6.03 Å². The molecule has 1 saturated carbocycles. The molecule has 0 spiro atoms. The minimum atomic E-state index is -0.489. The van der Waals surface area contributed by atoms with Gasteiger partial charge in [0, 0.05) is 18.9 Å². The average molecular weight is 332 g/mol. The van der Waals surface area contributed by atoms with Gasteiger partial charge in [-0.25, -0.2) is 14.2 Å². The molecule has 0 radical (unpaired) electrons. The predicted octanol–water partition coefficient (Wildman–Crippen LogP) is 2.11. The van der Waals surface area contributed by atoms with Gasteiger partial charge >= 0.3 is 6.03 Å². The van der Waals surface area contributed by atoms with Crippen molar-refractivity contribution in [3.63, 3.8) is 0 Å². The Kier molecular flexibility index (Phi) is 5.10. The van der Waals surface area contributed by atoms with Crippen LogP contribution in [0.3, 0.4) is 0 Å². The van der Waals surface area contributed by atoms with Crippen molar-refractivity contribution in [1.29, 1.82) is 0 Å². The maximum absolute atomic E-state index is 14.2. The number of aliphatic hydroxyl groups excluding tert-OH is 1. The molecule has 24 heavy (non-hydrogen) atoms. The van der Waals surface area contributed by atoms with E-state index in [4.69, 9.17) is 0 Å². The van der Waals surface area contributed by atoms with E-state index in [1.54, 1.807) is 29.1 Å². The normalized spacial score (nSPS) is 20.6. The number of carbonyl (C=O) groups is 1. The summed E-state index contributed by atoms with van der Waals surface area (Å²) in [6.45, 7) is 0.218. The van der Waals surface area contributed by atoms with Crippen LogP contribution in [-0.4, -0.2) is 32.8 Å². The first kappa shape index (κ1) is 16.4. The Morgan fingerprint density at radius 2 is 2.21 bits per heavy atom. The summed E-state index contributed by atoms with van der Waals surface area (Å²) in [6.07, 6.45) is 7.77. The predicted molar refractivity (Wildman–Crippen MR) is 87.2 cm³/mol. The van der Waals surface area contributed by atoms with Crippen LogP contribution in [0, 0.1) is 5.82 Å². The minimum Gasteiger partial charge on any atom is -0.391 e. The van der Waals surface area contributed by atoms with Gasteiger partial charge < -0.3 is 20.3 Å². The second-order valence-corrected chi connectivity index (χ2v) is 6.04. The molecule has 1 heterocycles. The Morgan fingerprint density at radius 1 is 1.38 bits per heavy atom. The van der Waals surface area contributed by atoms with Crippen molar-refractivity contribution in [2.75, 3.05) is 0 Å². The molecular weight excluding hydrogens is 311 g/mol. The highest BCUT2D eigenvalue weighted by Crippen LogP contribution is 2.18. The number of nitrogens with one attached hydrogen (secondary N) is 2. The molecule has 6 nitrogen and oxygen atoms in total. The molecule has 1 aliphatic carbocycles. The highest BCUT2D eigenvalue weighted by atomic mass is 19.1. The largest absolute Gasteiger partial charge is 0.391 e. The number of rotatable bonds is 4. The van der Waals surface area contributed by atoms with Gasteiger partial charge in [-0.05, 0) is 30.5 Å². The van der Waals surface area contributed by atoms with Gasteiger partial charge in [-0.1, -0.05) is 18.9 Å². The monoisotopic (exact) mass is 332 g/mol. The number of imidazole rings is 1. The molecule has 2 unspecified atom stereocenters. The molecule has 3 N–H and O–H groups in total. The van der Waals surface area contributed by atoms with Gasteiger partial charge in [0.25, 0.3) is 0 Å². The summed E-state index contributed by atoms with van der Waals surface area (Å²) in [5.41, 5.74) is 1.07. The van der Waals surface area contributed by atoms with Crippen LogP contribution in [-0.2, 0) is 6.54 Å². The van der Waals surface area contributed by atoms with E-state index in [2.05, 4.69) is 15.6 Å². The number of halogens is 1. The standard InChI is InChI=1S/C17H21FN4O2/c18-13-9-12(5-6-15(13)22-8-7-19-11-22)10-20-17(24)21-14-3-1-2-4-16(14)23/h5-9,11,14,16,23H,1-4,10H2,(H2,20,21,24). The summed E-state index contributed by atoms with van der Waals surface area (Å²) in [7, 11) is 0. The SMILES string of the molecule is O=C(NCc1ccc(-n2ccnc2)c(F)c1)NC1CCCCC1O. The maximum atomic E-state index is 14.2. The van der Waals surface area contributed by atoms with Crippen molar-refractivity contribution < 1.29 is 14.3 Å². The Bertz CT molecular complexity index is 690. The summed E-state index contributed by atoms with van der Waals surface area (Å²) in [5.74, 6) is -0.379. The lowest BCUT2D eigenvalue weighted by Crippen LogP contribution is -2.48. The lowest BCUT2D eigenvalue weighted by atomic mass is 9.93. The van der Waals surface area contributed by atoms with Gasteiger partial charge in [-0.15, -0.1) is 0 Å². The second kappa shape index (κ2) is 7.44. The fourth-order valence-corrected chi connectivity index (χ4v) is 2.95. The van der Waals surface area contributed by atoms with Crippen LogP contribution < -0.4 is 10.6 Å². The molecule has 2 aromatic rings. The fraction of sp³-hybridized carbons (Fsp3) is 0.412. The van der Waals surface area contributed by atoms with Crippen molar-refractivity contribution in [2.24, 2.45) is 0 Å². The number of nitrogens with zero attached hydrogens (tertiary/aromatic N) is 2. The number of carbonyl (C=O) groups excluding carboxylic acids is 1. The number of hydrogen-bond donors (Lipinski definition) is 3. The second-order valence-electron chi connectivity index (χ2n) is 6.04. The lowest BCUT2D eigenvalue weighted by molar-refractivity contribution is 0.0943. The first-order valence-corrected chi connectivity index (χ1v) is 8.12. The molecule has 0 bridgehead atoms. The number of amides is 2. The number of aromatic nitrogens is 2. The van der Waals surface area contributed by atoms with Crippen LogP contribution in [0.4, 0.5) is 9.18 Å². The van der Waals surface area contributed by atoms with Crippen molar-refractivity contribution in [2.45, 2.75) is 44.4 Å². The van der Waals surface area contributed by atoms with Gasteiger partial charge in [0.2, 0.25) is 0 Å². The summed E-state index contributed by atoms with van der Waals surface area (Å²) >= 11 is 0. The van der Waals surface area contributed by atoms with Gasteiger partial charge in [0.1, 0.15) is 5.82 Å². The third kappa shape index (κ3) is 3.91. The smallest absolute Gasteiger partial charge is 0.315 e. The van der Waals surface area contributed by atoms with E-state index in [9.17, 15) is 14.3 Å². The van der Waals surface area contributed by atoms with E-state index in [-0.39, 0.29) is 24.4 Å².